The van der Waals surface area contributed by atoms with Crippen LogP contribution in [-0.2, 0) is 4.79 Å². The second-order valence-electron chi connectivity index (χ2n) is 7.73. The topological polar surface area (TPSA) is 58.6 Å². The van der Waals surface area contributed by atoms with Crippen LogP contribution in [0.2, 0.25) is 0 Å². The van der Waals surface area contributed by atoms with E-state index in [9.17, 15) is 4.79 Å². The van der Waals surface area contributed by atoms with Gasteiger partial charge in [-0.2, -0.15) is 0 Å². The lowest BCUT2D eigenvalue weighted by atomic mass is 10.0. The number of methoxy groups -OCH3 is 1. The number of hydrogen-bond acceptors (Lipinski definition) is 5. The first-order valence-corrected chi connectivity index (χ1v) is 10.2. The number of piperazine rings is 1. The largest absolute Gasteiger partial charge is 0.497 e. The van der Waals surface area contributed by atoms with Crippen molar-refractivity contribution < 1.29 is 9.53 Å². The monoisotopic (exact) mass is 380 g/mol. The SMILES string of the molecule is COc1cccc(-c2ccc(N3CCN(C(=O)CC4CCCC4)CC3)nn2)c1. The molecule has 0 N–H and O–H groups in total. The van der Waals surface area contributed by atoms with E-state index in [0.29, 0.717) is 11.8 Å². The fourth-order valence-corrected chi connectivity index (χ4v) is 4.21. The van der Waals surface area contributed by atoms with Gasteiger partial charge in [-0.3, -0.25) is 4.79 Å². The Morgan fingerprint density at radius 3 is 2.54 bits per heavy atom. The van der Waals surface area contributed by atoms with Crippen molar-refractivity contribution in [1.82, 2.24) is 15.1 Å². The summed E-state index contributed by atoms with van der Waals surface area (Å²) in [6.45, 7) is 3.16. The number of aromatic nitrogens is 2. The molecule has 0 bridgehead atoms. The molecule has 1 aliphatic heterocycles. The van der Waals surface area contributed by atoms with Crippen molar-refractivity contribution in [2.24, 2.45) is 5.92 Å². The molecule has 6 nitrogen and oxygen atoms in total. The van der Waals surface area contributed by atoms with Gasteiger partial charge in [0.1, 0.15) is 5.75 Å². The highest BCUT2D eigenvalue weighted by atomic mass is 16.5. The van der Waals surface area contributed by atoms with Crippen LogP contribution in [0.1, 0.15) is 32.1 Å². The molecule has 0 unspecified atom stereocenters. The van der Waals surface area contributed by atoms with Gasteiger partial charge in [0.25, 0.3) is 0 Å². The maximum atomic E-state index is 12.5. The van der Waals surface area contributed by atoms with E-state index in [2.05, 4.69) is 15.1 Å². The van der Waals surface area contributed by atoms with Crippen LogP contribution in [0, 0.1) is 5.92 Å². The lowest BCUT2D eigenvalue weighted by Crippen LogP contribution is -2.49. The maximum Gasteiger partial charge on any atom is 0.222 e. The summed E-state index contributed by atoms with van der Waals surface area (Å²) in [5.41, 5.74) is 1.81. The lowest BCUT2D eigenvalue weighted by molar-refractivity contribution is -0.132. The Balaban J connectivity index is 1.33. The molecule has 1 saturated carbocycles. The summed E-state index contributed by atoms with van der Waals surface area (Å²) in [4.78, 5) is 16.8. The van der Waals surface area contributed by atoms with Crippen molar-refractivity contribution in [2.75, 3.05) is 38.2 Å². The summed E-state index contributed by atoms with van der Waals surface area (Å²) in [7, 11) is 1.66. The summed E-state index contributed by atoms with van der Waals surface area (Å²) in [5.74, 6) is 2.61. The zero-order valence-electron chi connectivity index (χ0n) is 16.5. The van der Waals surface area contributed by atoms with Crippen LogP contribution in [0.5, 0.6) is 5.75 Å². The number of carbonyl (C=O) groups is 1. The molecule has 6 heteroatoms. The number of anilines is 1. The number of amides is 1. The molecule has 2 aliphatic rings. The second-order valence-corrected chi connectivity index (χ2v) is 7.73. The van der Waals surface area contributed by atoms with E-state index in [-0.39, 0.29) is 0 Å². The number of rotatable bonds is 5. The molecule has 1 aromatic carbocycles. The van der Waals surface area contributed by atoms with Crippen LogP contribution in [0.3, 0.4) is 0 Å². The molecule has 2 heterocycles. The minimum absolute atomic E-state index is 0.325. The van der Waals surface area contributed by atoms with E-state index in [1.807, 2.05) is 41.3 Å². The van der Waals surface area contributed by atoms with E-state index in [1.165, 1.54) is 25.7 Å². The molecule has 2 aromatic rings. The quantitative estimate of drug-likeness (QED) is 0.796. The third kappa shape index (κ3) is 4.26. The molecule has 4 rings (SSSR count). The predicted octanol–water partition coefficient (Wildman–Crippen LogP) is 3.38. The van der Waals surface area contributed by atoms with Gasteiger partial charge < -0.3 is 14.5 Å². The van der Waals surface area contributed by atoms with Gasteiger partial charge in [0, 0.05) is 38.2 Å². The van der Waals surface area contributed by atoms with Gasteiger partial charge in [-0.15, -0.1) is 10.2 Å². The minimum Gasteiger partial charge on any atom is -0.497 e. The molecule has 0 spiro atoms. The first kappa shape index (κ1) is 18.7. The fraction of sp³-hybridized carbons (Fsp3) is 0.500. The van der Waals surface area contributed by atoms with Crippen LogP contribution in [0.4, 0.5) is 5.82 Å². The van der Waals surface area contributed by atoms with Crippen LogP contribution >= 0.6 is 0 Å². The summed E-state index contributed by atoms with van der Waals surface area (Å²) in [6, 6.07) is 11.8. The van der Waals surface area contributed by atoms with Crippen molar-refractivity contribution in [2.45, 2.75) is 32.1 Å². The van der Waals surface area contributed by atoms with Gasteiger partial charge in [-0.05, 0) is 43.0 Å². The number of nitrogens with zero attached hydrogens (tertiary/aromatic N) is 4. The zero-order valence-corrected chi connectivity index (χ0v) is 16.5. The number of ether oxygens (including phenoxy) is 1. The first-order chi connectivity index (χ1) is 13.7. The molecular formula is C22H28N4O2. The Hall–Kier alpha value is -2.63. The average molecular weight is 380 g/mol. The molecule has 0 atom stereocenters. The van der Waals surface area contributed by atoms with Gasteiger partial charge >= 0.3 is 0 Å². The van der Waals surface area contributed by atoms with Crippen LogP contribution < -0.4 is 9.64 Å². The molecule has 1 aromatic heterocycles. The number of hydrogen-bond donors (Lipinski definition) is 0. The number of benzene rings is 1. The second kappa shape index (κ2) is 8.59. The van der Waals surface area contributed by atoms with Gasteiger partial charge in [-0.25, -0.2) is 0 Å². The van der Waals surface area contributed by atoms with Crippen molar-refractivity contribution in [3.05, 3.63) is 36.4 Å². The van der Waals surface area contributed by atoms with E-state index in [1.54, 1.807) is 7.11 Å². The van der Waals surface area contributed by atoms with Gasteiger partial charge in [0.15, 0.2) is 5.82 Å². The Labute approximate surface area is 166 Å². The Bertz CT molecular complexity index is 794. The average Bonchev–Trinajstić information content (AvgIpc) is 3.27. The van der Waals surface area contributed by atoms with Crippen molar-refractivity contribution in [1.29, 1.82) is 0 Å². The van der Waals surface area contributed by atoms with Crippen LogP contribution in [0.25, 0.3) is 11.3 Å². The lowest BCUT2D eigenvalue weighted by Gasteiger charge is -2.35. The molecule has 1 aliphatic carbocycles. The smallest absolute Gasteiger partial charge is 0.222 e. The maximum absolute atomic E-state index is 12.5. The molecule has 1 amide bonds. The first-order valence-electron chi connectivity index (χ1n) is 10.2. The molecule has 1 saturated heterocycles. The minimum atomic E-state index is 0.325. The van der Waals surface area contributed by atoms with Crippen molar-refractivity contribution >= 4 is 11.7 Å². The van der Waals surface area contributed by atoms with Gasteiger partial charge in [-0.1, -0.05) is 25.0 Å². The fourth-order valence-electron chi connectivity index (χ4n) is 4.21. The molecule has 0 radical (unpaired) electrons. The highest BCUT2D eigenvalue weighted by Crippen LogP contribution is 2.28. The Kier molecular flexibility index (Phi) is 5.74. The van der Waals surface area contributed by atoms with Crippen LogP contribution in [-0.4, -0.2) is 54.3 Å². The Morgan fingerprint density at radius 2 is 1.86 bits per heavy atom. The standard InChI is InChI=1S/C22H28N4O2/c1-28-19-8-4-7-18(16-19)20-9-10-21(24-23-20)25-11-13-26(14-12-25)22(27)15-17-5-2-3-6-17/h4,7-10,16-17H,2-3,5-6,11-15H2,1H3. The molecular weight excluding hydrogens is 352 g/mol. The summed E-state index contributed by atoms with van der Waals surface area (Å²) in [6.07, 6.45) is 5.75. The summed E-state index contributed by atoms with van der Waals surface area (Å²) in [5, 5.41) is 8.81. The highest BCUT2D eigenvalue weighted by Gasteiger charge is 2.25. The van der Waals surface area contributed by atoms with E-state index in [4.69, 9.17) is 4.74 Å². The Morgan fingerprint density at radius 1 is 1.07 bits per heavy atom. The normalized spacial score (nSPS) is 17.8. The number of carbonyl (C=O) groups excluding carboxylic acids is 1. The molecule has 28 heavy (non-hydrogen) atoms. The van der Waals surface area contributed by atoms with E-state index >= 15 is 0 Å². The summed E-state index contributed by atoms with van der Waals surface area (Å²) < 4.78 is 5.28. The van der Waals surface area contributed by atoms with Crippen molar-refractivity contribution in [3.63, 3.8) is 0 Å². The zero-order chi connectivity index (χ0) is 19.3. The van der Waals surface area contributed by atoms with E-state index < -0.39 is 0 Å². The molecule has 148 valence electrons. The third-order valence-electron chi connectivity index (χ3n) is 5.91. The van der Waals surface area contributed by atoms with Gasteiger partial charge in [0.2, 0.25) is 5.91 Å². The van der Waals surface area contributed by atoms with Gasteiger partial charge in [0.05, 0.1) is 12.8 Å². The van der Waals surface area contributed by atoms with Crippen molar-refractivity contribution in [3.8, 4) is 17.0 Å². The van der Waals surface area contributed by atoms with E-state index in [0.717, 1.165) is 55.4 Å². The predicted molar refractivity (Wildman–Crippen MR) is 109 cm³/mol. The third-order valence-corrected chi connectivity index (χ3v) is 5.91. The highest BCUT2D eigenvalue weighted by molar-refractivity contribution is 5.76. The van der Waals surface area contributed by atoms with Crippen LogP contribution in [0.15, 0.2) is 36.4 Å². The molecule has 2 fully saturated rings. The summed E-state index contributed by atoms with van der Waals surface area (Å²) >= 11 is 0.